The topological polar surface area (TPSA) is 89.7 Å². The molecule has 33 heavy (non-hydrogen) atoms. The van der Waals surface area contributed by atoms with Gasteiger partial charge in [0.2, 0.25) is 5.91 Å². The number of amides is 1. The molecule has 1 fully saturated rings. The van der Waals surface area contributed by atoms with Crippen LogP contribution in [0.5, 0.6) is 11.5 Å². The van der Waals surface area contributed by atoms with Crippen LogP contribution >= 0.6 is 11.3 Å². The molecule has 9 heteroatoms. The van der Waals surface area contributed by atoms with E-state index in [4.69, 9.17) is 13.9 Å². The number of fused-ring (bicyclic) bond motifs is 1. The Morgan fingerprint density at radius 3 is 2.64 bits per heavy atom. The van der Waals surface area contributed by atoms with E-state index >= 15 is 0 Å². The van der Waals surface area contributed by atoms with E-state index < -0.39 is 0 Å². The minimum Gasteiger partial charge on any atom is -0.493 e. The van der Waals surface area contributed by atoms with E-state index in [1.54, 1.807) is 14.2 Å². The number of ether oxygens (including phenoxy) is 2. The molecule has 3 heterocycles. The quantitative estimate of drug-likeness (QED) is 0.437. The molecule has 8 nitrogen and oxygen atoms in total. The average molecular weight is 465 g/mol. The number of carbonyl (C=O) groups excluding carboxylic acids is 1. The van der Waals surface area contributed by atoms with Crippen molar-refractivity contribution in [1.82, 2.24) is 9.97 Å². The molecule has 0 unspecified atom stereocenters. The molecule has 1 aliphatic heterocycles. The number of anilines is 2. The van der Waals surface area contributed by atoms with Gasteiger partial charge in [0.1, 0.15) is 5.52 Å². The Labute approximate surface area is 195 Å². The van der Waals surface area contributed by atoms with Crippen LogP contribution in [-0.4, -0.2) is 43.2 Å². The Bertz CT molecular complexity index is 1240. The number of carbonyl (C=O) groups is 1. The van der Waals surface area contributed by atoms with Crippen LogP contribution in [0.15, 0.2) is 52.3 Å². The number of hydrogen-bond acceptors (Lipinski definition) is 8. The van der Waals surface area contributed by atoms with Crippen LogP contribution in [0.4, 0.5) is 11.1 Å². The molecule has 2 aromatic carbocycles. The number of aromatic nitrogens is 2. The van der Waals surface area contributed by atoms with E-state index in [1.807, 2.05) is 47.8 Å². The zero-order chi connectivity index (χ0) is 22.8. The lowest BCUT2D eigenvalue weighted by molar-refractivity contribution is -0.120. The summed E-state index contributed by atoms with van der Waals surface area (Å²) in [6, 6.07) is 14.0. The van der Waals surface area contributed by atoms with Gasteiger partial charge in [0, 0.05) is 30.0 Å². The van der Waals surface area contributed by atoms with Crippen molar-refractivity contribution in [2.45, 2.75) is 12.8 Å². The zero-order valence-electron chi connectivity index (χ0n) is 18.4. The van der Waals surface area contributed by atoms with Gasteiger partial charge >= 0.3 is 0 Å². The highest BCUT2D eigenvalue weighted by atomic mass is 32.1. The molecular weight excluding hydrogens is 440 g/mol. The number of benzene rings is 2. The smallest absolute Gasteiger partial charge is 0.298 e. The van der Waals surface area contributed by atoms with Crippen LogP contribution in [0.2, 0.25) is 0 Å². The minimum atomic E-state index is -0.0703. The highest BCUT2D eigenvalue weighted by Crippen LogP contribution is 2.34. The number of methoxy groups -OCH3 is 2. The maximum atomic E-state index is 12.8. The van der Waals surface area contributed by atoms with Crippen LogP contribution in [0, 0.1) is 5.92 Å². The van der Waals surface area contributed by atoms with Crippen molar-refractivity contribution >= 4 is 39.5 Å². The molecular formula is C24H24N4O4S. The number of para-hydroxylation sites is 2. The highest BCUT2D eigenvalue weighted by molar-refractivity contribution is 7.14. The van der Waals surface area contributed by atoms with Crippen LogP contribution in [0.25, 0.3) is 22.4 Å². The highest BCUT2D eigenvalue weighted by Gasteiger charge is 2.27. The fraction of sp³-hybridized carbons (Fsp3) is 0.292. The van der Waals surface area contributed by atoms with E-state index in [0.29, 0.717) is 22.6 Å². The largest absolute Gasteiger partial charge is 0.493 e. The van der Waals surface area contributed by atoms with Crippen molar-refractivity contribution in [2.24, 2.45) is 5.92 Å². The van der Waals surface area contributed by atoms with Gasteiger partial charge in [-0.15, -0.1) is 11.3 Å². The van der Waals surface area contributed by atoms with Gasteiger partial charge in [-0.1, -0.05) is 12.1 Å². The van der Waals surface area contributed by atoms with Crippen molar-refractivity contribution in [1.29, 1.82) is 0 Å². The van der Waals surface area contributed by atoms with Crippen molar-refractivity contribution in [2.75, 3.05) is 37.5 Å². The van der Waals surface area contributed by atoms with E-state index in [-0.39, 0.29) is 11.8 Å². The lowest BCUT2D eigenvalue weighted by Crippen LogP contribution is -2.38. The average Bonchev–Trinajstić information content (AvgIpc) is 3.51. The number of nitrogens with one attached hydrogen (secondary N) is 1. The summed E-state index contributed by atoms with van der Waals surface area (Å²) in [7, 11) is 3.20. The van der Waals surface area contributed by atoms with Crippen molar-refractivity contribution in [3.05, 3.63) is 47.8 Å². The molecule has 5 rings (SSSR count). The number of rotatable bonds is 6. The van der Waals surface area contributed by atoms with Crippen LogP contribution in [0.1, 0.15) is 12.8 Å². The normalized spacial score (nSPS) is 14.4. The molecule has 1 aliphatic rings. The van der Waals surface area contributed by atoms with Crippen LogP contribution in [0.3, 0.4) is 0 Å². The predicted octanol–water partition coefficient (Wildman–Crippen LogP) is 4.82. The first-order chi connectivity index (χ1) is 16.1. The predicted molar refractivity (Wildman–Crippen MR) is 128 cm³/mol. The van der Waals surface area contributed by atoms with Crippen molar-refractivity contribution in [3.8, 4) is 22.8 Å². The molecule has 4 aromatic rings. The van der Waals surface area contributed by atoms with Gasteiger partial charge in [-0.3, -0.25) is 4.79 Å². The summed E-state index contributed by atoms with van der Waals surface area (Å²) >= 11 is 1.41. The summed E-state index contributed by atoms with van der Waals surface area (Å²) in [6.45, 7) is 1.44. The van der Waals surface area contributed by atoms with Gasteiger partial charge in [0.05, 0.1) is 19.9 Å². The van der Waals surface area contributed by atoms with E-state index in [1.165, 1.54) is 11.3 Å². The fourth-order valence-electron chi connectivity index (χ4n) is 4.00. The maximum absolute atomic E-state index is 12.8. The number of hydrogen-bond donors (Lipinski definition) is 1. The Morgan fingerprint density at radius 1 is 1.09 bits per heavy atom. The Kier molecular flexibility index (Phi) is 5.87. The third-order valence-corrected chi connectivity index (χ3v) is 6.59. The van der Waals surface area contributed by atoms with Crippen LogP contribution in [-0.2, 0) is 4.79 Å². The molecule has 2 aromatic heterocycles. The van der Waals surface area contributed by atoms with E-state index in [9.17, 15) is 4.79 Å². The zero-order valence-corrected chi connectivity index (χ0v) is 19.2. The van der Waals surface area contributed by atoms with Gasteiger partial charge in [-0.05, 0) is 43.2 Å². The van der Waals surface area contributed by atoms with Gasteiger partial charge in [-0.2, -0.15) is 4.98 Å². The summed E-state index contributed by atoms with van der Waals surface area (Å²) in [5, 5.41) is 5.50. The molecule has 1 amide bonds. The van der Waals surface area contributed by atoms with Crippen LogP contribution < -0.4 is 19.7 Å². The number of thiazole rings is 1. The molecule has 0 saturated carbocycles. The Hall–Kier alpha value is -3.59. The summed E-state index contributed by atoms with van der Waals surface area (Å²) in [5.41, 5.74) is 3.31. The first-order valence-electron chi connectivity index (χ1n) is 10.7. The van der Waals surface area contributed by atoms with Crippen molar-refractivity contribution < 1.29 is 18.7 Å². The molecule has 0 radical (unpaired) electrons. The third-order valence-electron chi connectivity index (χ3n) is 5.83. The summed E-state index contributed by atoms with van der Waals surface area (Å²) in [5.74, 6) is 1.23. The second-order valence-electron chi connectivity index (χ2n) is 7.82. The molecule has 0 aliphatic carbocycles. The van der Waals surface area contributed by atoms with Crippen molar-refractivity contribution in [3.63, 3.8) is 0 Å². The van der Waals surface area contributed by atoms with E-state index in [0.717, 1.165) is 48.3 Å². The molecule has 0 bridgehead atoms. The van der Waals surface area contributed by atoms with Gasteiger partial charge < -0.3 is 24.1 Å². The minimum absolute atomic E-state index is 0.000395. The molecule has 170 valence electrons. The molecule has 1 N–H and O–H groups in total. The van der Waals surface area contributed by atoms with Gasteiger partial charge in [-0.25, -0.2) is 4.98 Å². The first kappa shape index (κ1) is 21.3. The molecule has 0 spiro atoms. The Balaban J connectivity index is 1.20. The monoisotopic (exact) mass is 464 g/mol. The molecule has 1 saturated heterocycles. The summed E-state index contributed by atoms with van der Waals surface area (Å²) in [4.78, 5) is 24.1. The van der Waals surface area contributed by atoms with Gasteiger partial charge in [0.25, 0.3) is 6.01 Å². The number of piperidine rings is 1. The first-order valence-corrected chi connectivity index (χ1v) is 11.6. The standard InChI is InChI=1S/C24H24N4O4S/c1-30-20-8-7-16(13-21(20)31-2)18-14-33-23(25-18)27-22(29)15-9-11-28(12-10-15)24-26-17-5-3-4-6-19(17)32-24/h3-8,13-15H,9-12H2,1-2H3,(H,25,27,29). The van der Waals surface area contributed by atoms with Gasteiger partial charge in [0.15, 0.2) is 22.2 Å². The SMILES string of the molecule is COc1ccc(-c2csc(NC(=O)C3CCN(c4nc5ccccc5o4)CC3)n2)cc1OC. The third kappa shape index (κ3) is 4.36. The van der Waals surface area contributed by atoms with E-state index in [2.05, 4.69) is 20.2 Å². The second kappa shape index (κ2) is 9.11. The fourth-order valence-corrected chi connectivity index (χ4v) is 4.72. The summed E-state index contributed by atoms with van der Waals surface area (Å²) < 4.78 is 16.5. The Morgan fingerprint density at radius 2 is 1.88 bits per heavy atom. The summed E-state index contributed by atoms with van der Waals surface area (Å²) in [6.07, 6.45) is 1.47. The lowest BCUT2D eigenvalue weighted by Gasteiger charge is -2.29. The second-order valence-corrected chi connectivity index (χ2v) is 8.68. The number of nitrogens with zero attached hydrogens (tertiary/aromatic N) is 3. The maximum Gasteiger partial charge on any atom is 0.298 e. The lowest BCUT2D eigenvalue weighted by atomic mass is 9.96. The molecule has 0 atom stereocenters. The number of oxazole rings is 1.